The van der Waals surface area contributed by atoms with Crippen molar-refractivity contribution in [3.63, 3.8) is 0 Å². The lowest BCUT2D eigenvalue weighted by Crippen LogP contribution is -2.14. The molecule has 0 radical (unpaired) electrons. The van der Waals surface area contributed by atoms with Gasteiger partial charge in [-0.3, -0.25) is 0 Å². The van der Waals surface area contributed by atoms with Gasteiger partial charge in [-0.05, 0) is 144 Å². The van der Waals surface area contributed by atoms with Crippen LogP contribution in [0.2, 0.25) is 0 Å². The average molecular weight is 873 g/mol. The van der Waals surface area contributed by atoms with Gasteiger partial charge in [-0.15, -0.1) is 22.7 Å². The number of benzene rings is 8. The molecular formula is C61H44O2S2. The minimum atomic E-state index is -0.151. The van der Waals surface area contributed by atoms with Gasteiger partial charge >= 0.3 is 0 Å². The van der Waals surface area contributed by atoms with E-state index in [1.165, 1.54) is 102 Å². The summed E-state index contributed by atoms with van der Waals surface area (Å²) in [4.78, 5) is 2.60. The molecule has 0 aliphatic heterocycles. The minimum absolute atomic E-state index is 0.0626. The summed E-state index contributed by atoms with van der Waals surface area (Å²) in [7, 11) is 0. The van der Waals surface area contributed by atoms with Crippen LogP contribution in [0.3, 0.4) is 0 Å². The minimum Gasteiger partial charge on any atom is -0.456 e. The molecule has 0 bridgehead atoms. The van der Waals surface area contributed by atoms with Crippen molar-refractivity contribution in [3.05, 3.63) is 193 Å². The molecule has 4 heterocycles. The maximum atomic E-state index is 6.52. The fourth-order valence-corrected chi connectivity index (χ4v) is 12.8. The van der Waals surface area contributed by atoms with Gasteiger partial charge < -0.3 is 8.83 Å². The zero-order valence-corrected chi connectivity index (χ0v) is 38.5. The Morgan fingerprint density at radius 2 is 0.846 bits per heavy atom. The van der Waals surface area contributed by atoms with Crippen LogP contribution in [0.5, 0.6) is 0 Å². The van der Waals surface area contributed by atoms with Crippen molar-refractivity contribution in [1.29, 1.82) is 0 Å². The first-order chi connectivity index (χ1) is 31.5. The van der Waals surface area contributed by atoms with Crippen molar-refractivity contribution >= 4 is 76.0 Å². The van der Waals surface area contributed by atoms with Crippen molar-refractivity contribution in [2.24, 2.45) is 0 Å². The van der Waals surface area contributed by atoms with Crippen molar-refractivity contribution in [3.8, 4) is 65.4 Å². The molecule has 12 aromatic rings. The lowest BCUT2D eigenvalue weighted by Gasteiger charge is -2.23. The summed E-state index contributed by atoms with van der Waals surface area (Å²) >= 11 is 3.77. The number of hydrogen-bond donors (Lipinski definition) is 0. The third kappa shape index (κ3) is 6.11. The van der Waals surface area contributed by atoms with Crippen LogP contribution in [-0.2, 0) is 10.8 Å². The Hall–Kier alpha value is -6.98. The first-order valence-electron chi connectivity index (χ1n) is 22.5. The third-order valence-corrected chi connectivity index (χ3v) is 16.3. The molecule has 1 aliphatic carbocycles. The molecule has 0 N–H and O–H groups in total. The Balaban J connectivity index is 0.798. The van der Waals surface area contributed by atoms with Crippen molar-refractivity contribution in [2.45, 2.75) is 45.4 Å². The highest BCUT2D eigenvalue weighted by Crippen LogP contribution is 2.53. The van der Waals surface area contributed by atoms with Crippen molar-refractivity contribution in [1.82, 2.24) is 0 Å². The van der Waals surface area contributed by atoms with Crippen LogP contribution in [0.15, 0.2) is 185 Å². The zero-order valence-electron chi connectivity index (χ0n) is 36.9. The van der Waals surface area contributed by atoms with E-state index in [1.54, 1.807) is 0 Å². The second kappa shape index (κ2) is 14.0. The van der Waals surface area contributed by atoms with Gasteiger partial charge in [-0.2, -0.15) is 0 Å². The fraction of sp³-hybridized carbons (Fsp3) is 0.115. The SMILES string of the molecule is CC(C)(C)c1cc2c(cc1-c1ccc(-c3cc4sc(-c5ccc6c(c5)C(C)(C)c5cc7c(cc5-6)oc5ccc(-c6ccccc6)cc57)cc4s3)cc1)oc1ccc(-c3ccccc3)cc12. The van der Waals surface area contributed by atoms with Gasteiger partial charge in [0.1, 0.15) is 22.3 Å². The fourth-order valence-electron chi connectivity index (χ4n) is 10.4. The van der Waals surface area contributed by atoms with Crippen molar-refractivity contribution in [2.75, 3.05) is 0 Å². The number of thiophene rings is 2. The molecule has 0 spiro atoms. The number of furan rings is 2. The van der Waals surface area contributed by atoms with E-state index in [4.69, 9.17) is 8.83 Å². The summed E-state index contributed by atoms with van der Waals surface area (Å²) in [6.07, 6.45) is 0. The summed E-state index contributed by atoms with van der Waals surface area (Å²) < 4.78 is 15.7. The maximum absolute atomic E-state index is 6.52. The molecule has 4 heteroatoms. The highest BCUT2D eigenvalue weighted by Gasteiger charge is 2.37. The van der Waals surface area contributed by atoms with E-state index < -0.39 is 0 Å². The molecule has 0 atom stereocenters. The molecule has 1 aliphatic rings. The van der Waals surface area contributed by atoms with Gasteiger partial charge in [0.15, 0.2) is 0 Å². The van der Waals surface area contributed by atoms with E-state index >= 15 is 0 Å². The normalized spacial score (nSPS) is 13.4. The zero-order chi connectivity index (χ0) is 43.8. The molecule has 0 unspecified atom stereocenters. The van der Waals surface area contributed by atoms with Crippen molar-refractivity contribution < 1.29 is 8.83 Å². The van der Waals surface area contributed by atoms with Crippen LogP contribution in [0.25, 0.3) is 119 Å². The molecule has 0 fully saturated rings. The Kier molecular flexibility index (Phi) is 8.29. The summed E-state index contributed by atoms with van der Waals surface area (Å²) in [6.45, 7) is 11.7. The van der Waals surface area contributed by atoms with Crippen LogP contribution in [0, 0.1) is 0 Å². The molecule has 312 valence electrons. The van der Waals surface area contributed by atoms with Gasteiger partial charge in [0, 0.05) is 46.1 Å². The van der Waals surface area contributed by atoms with Gasteiger partial charge in [-0.25, -0.2) is 0 Å². The van der Waals surface area contributed by atoms with E-state index in [9.17, 15) is 0 Å². The van der Waals surface area contributed by atoms with E-state index in [0.29, 0.717) is 0 Å². The summed E-state index contributed by atoms with van der Waals surface area (Å²) in [6, 6.07) is 64.6. The Morgan fingerprint density at radius 3 is 1.43 bits per heavy atom. The lowest BCUT2D eigenvalue weighted by atomic mass is 9.81. The molecule has 0 saturated heterocycles. The summed E-state index contributed by atoms with van der Waals surface area (Å²) in [5.74, 6) is 0. The monoisotopic (exact) mass is 872 g/mol. The standard InChI is InChI=1S/C61H44O2S2/c1-60(2,3)49-29-47-45-26-39(35-12-8-6-9-13-35)21-24-52(45)62-54(47)31-43(49)37-16-18-38(19-17-37)56-33-58-59(64-56)34-57(65-58)41-20-23-42-44-32-55-48(30-51(44)61(4,5)50(42)28-41)46-27-40(22-25-53(46)63-55)36-14-10-7-11-15-36/h6-34H,1-5H3. The van der Waals surface area contributed by atoms with E-state index in [1.807, 2.05) is 22.7 Å². The molecule has 13 rings (SSSR count). The second-order valence-electron chi connectivity index (χ2n) is 19.3. The van der Waals surface area contributed by atoms with Gasteiger partial charge in [0.2, 0.25) is 0 Å². The van der Waals surface area contributed by atoms with Crippen LogP contribution < -0.4 is 0 Å². The quantitative estimate of drug-likeness (QED) is 0.172. The van der Waals surface area contributed by atoms with Gasteiger partial charge in [0.25, 0.3) is 0 Å². The Bertz CT molecular complexity index is 3840. The maximum Gasteiger partial charge on any atom is 0.136 e. The Morgan fingerprint density at radius 1 is 0.369 bits per heavy atom. The van der Waals surface area contributed by atoms with Gasteiger partial charge in [0.05, 0.1) is 0 Å². The van der Waals surface area contributed by atoms with Gasteiger partial charge in [-0.1, -0.05) is 144 Å². The predicted octanol–water partition coefficient (Wildman–Crippen LogP) is 18.7. The largest absolute Gasteiger partial charge is 0.456 e. The van der Waals surface area contributed by atoms with E-state index in [-0.39, 0.29) is 10.8 Å². The predicted molar refractivity (Wildman–Crippen MR) is 278 cm³/mol. The molecule has 65 heavy (non-hydrogen) atoms. The van der Waals surface area contributed by atoms with Crippen LogP contribution >= 0.6 is 22.7 Å². The molecular weight excluding hydrogens is 829 g/mol. The first-order valence-corrected chi connectivity index (χ1v) is 24.1. The number of hydrogen-bond acceptors (Lipinski definition) is 4. The highest BCUT2D eigenvalue weighted by molar-refractivity contribution is 7.31. The summed E-state index contributed by atoms with van der Waals surface area (Å²) in [5, 5.41) is 4.66. The lowest BCUT2D eigenvalue weighted by molar-refractivity contribution is 0.592. The molecule has 0 amide bonds. The molecule has 4 aromatic heterocycles. The summed E-state index contributed by atoms with van der Waals surface area (Å²) in [5.41, 5.74) is 19.9. The number of fused-ring (bicyclic) bond motifs is 10. The highest BCUT2D eigenvalue weighted by atomic mass is 32.1. The average Bonchev–Trinajstić information content (AvgIpc) is 4.13. The molecule has 0 saturated carbocycles. The van der Waals surface area contributed by atoms with Crippen LogP contribution in [0.4, 0.5) is 0 Å². The second-order valence-corrected chi connectivity index (χ2v) is 21.5. The van der Waals surface area contributed by atoms with Crippen LogP contribution in [-0.4, -0.2) is 0 Å². The third-order valence-electron chi connectivity index (χ3n) is 13.9. The first kappa shape index (κ1) is 38.5. The Labute approximate surface area is 386 Å². The van der Waals surface area contributed by atoms with Crippen LogP contribution in [0.1, 0.15) is 51.3 Å². The molecule has 8 aromatic carbocycles. The molecule has 2 nitrogen and oxygen atoms in total. The van der Waals surface area contributed by atoms with E-state index in [0.717, 1.165) is 33.1 Å². The smallest absolute Gasteiger partial charge is 0.136 e. The topological polar surface area (TPSA) is 26.3 Å². The van der Waals surface area contributed by atoms with E-state index in [2.05, 4.69) is 211 Å². The number of rotatable bonds is 5.